The number of rotatable bonds is 4. The number of carboxylic acids is 1. The van der Waals surface area contributed by atoms with Crippen molar-refractivity contribution >= 4 is 17.7 Å². The van der Waals surface area contributed by atoms with Crippen LogP contribution in [0.2, 0.25) is 0 Å². The molecule has 5 nitrogen and oxygen atoms in total. The maximum Gasteiger partial charge on any atom is 0.319 e. The SMILES string of the molecule is Cc1c(F)cccc1NC(=O)NCC(C)C(=O)O. The predicted octanol–water partition coefficient (Wildman–Crippen LogP) is 1.98. The Labute approximate surface area is 104 Å². The molecule has 0 aliphatic carbocycles. The third-order valence-corrected chi connectivity index (χ3v) is 2.51. The Morgan fingerprint density at radius 3 is 2.72 bits per heavy atom. The van der Waals surface area contributed by atoms with Crippen molar-refractivity contribution in [3.8, 4) is 0 Å². The van der Waals surface area contributed by atoms with E-state index in [0.29, 0.717) is 11.3 Å². The first-order chi connectivity index (χ1) is 8.41. The second-order valence-corrected chi connectivity index (χ2v) is 3.99. The lowest BCUT2D eigenvalue weighted by Gasteiger charge is -2.11. The molecule has 0 saturated carbocycles. The molecule has 0 saturated heterocycles. The van der Waals surface area contributed by atoms with E-state index in [1.165, 1.54) is 19.1 Å². The van der Waals surface area contributed by atoms with Crippen molar-refractivity contribution in [3.63, 3.8) is 0 Å². The number of halogens is 1. The lowest BCUT2D eigenvalue weighted by molar-refractivity contribution is -0.140. The molecule has 0 bridgehead atoms. The largest absolute Gasteiger partial charge is 0.481 e. The lowest BCUT2D eigenvalue weighted by Crippen LogP contribution is -2.34. The highest BCUT2D eigenvalue weighted by Crippen LogP contribution is 2.16. The minimum Gasteiger partial charge on any atom is -0.481 e. The van der Waals surface area contributed by atoms with E-state index in [9.17, 15) is 14.0 Å². The predicted molar refractivity (Wildman–Crippen MR) is 65.0 cm³/mol. The average Bonchev–Trinajstić information content (AvgIpc) is 2.32. The third-order valence-electron chi connectivity index (χ3n) is 2.51. The van der Waals surface area contributed by atoms with Gasteiger partial charge in [0.15, 0.2) is 0 Å². The number of hydrogen-bond acceptors (Lipinski definition) is 2. The van der Waals surface area contributed by atoms with Gasteiger partial charge in [-0.1, -0.05) is 13.0 Å². The van der Waals surface area contributed by atoms with Gasteiger partial charge in [-0.2, -0.15) is 0 Å². The van der Waals surface area contributed by atoms with Gasteiger partial charge in [-0.3, -0.25) is 4.79 Å². The van der Waals surface area contributed by atoms with Gasteiger partial charge in [0, 0.05) is 17.8 Å². The van der Waals surface area contributed by atoms with Crippen LogP contribution in [0.4, 0.5) is 14.9 Å². The zero-order valence-electron chi connectivity index (χ0n) is 10.2. The van der Waals surface area contributed by atoms with Gasteiger partial charge < -0.3 is 15.7 Å². The van der Waals surface area contributed by atoms with Crippen LogP contribution in [0.25, 0.3) is 0 Å². The van der Waals surface area contributed by atoms with E-state index in [1.807, 2.05) is 0 Å². The van der Waals surface area contributed by atoms with E-state index in [1.54, 1.807) is 13.0 Å². The van der Waals surface area contributed by atoms with Crippen molar-refractivity contribution in [1.29, 1.82) is 0 Å². The van der Waals surface area contributed by atoms with Crippen LogP contribution in [0, 0.1) is 18.7 Å². The monoisotopic (exact) mass is 254 g/mol. The van der Waals surface area contributed by atoms with Crippen LogP contribution >= 0.6 is 0 Å². The Bertz CT molecular complexity index is 463. The summed E-state index contributed by atoms with van der Waals surface area (Å²) in [4.78, 5) is 22.0. The van der Waals surface area contributed by atoms with Gasteiger partial charge in [-0.15, -0.1) is 0 Å². The summed E-state index contributed by atoms with van der Waals surface area (Å²) >= 11 is 0. The molecule has 1 unspecified atom stereocenters. The van der Waals surface area contributed by atoms with Crippen molar-refractivity contribution < 1.29 is 19.1 Å². The van der Waals surface area contributed by atoms with Crippen molar-refractivity contribution in [3.05, 3.63) is 29.6 Å². The number of nitrogens with one attached hydrogen (secondary N) is 2. The summed E-state index contributed by atoms with van der Waals surface area (Å²) in [5.41, 5.74) is 0.689. The van der Waals surface area contributed by atoms with Gasteiger partial charge in [0.2, 0.25) is 0 Å². The molecule has 1 aromatic carbocycles. The smallest absolute Gasteiger partial charge is 0.319 e. The Hall–Kier alpha value is -2.11. The highest BCUT2D eigenvalue weighted by atomic mass is 19.1. The molecular formula is C12H15FN2O3. The van der Waals surface area contributed by atoms with E-state index in [2.05, 4.69) is 10.6 Å². The molecular weight excluding hydrogens is 239 g/mol. The maximum absolute atomic E-state index is 13.2. The Balaban J connectivity index is 2.55. The average molecular weight is 254 g/mol. The van der Waals surface area contributed by atoms with E-state index >= 15 is 0 Å². The van der Waals surface area contributed by atoms with Crippen LogP contribution in [0.1, 0.15) is 12.5 Å². The fourth-order valence-corrected chi connectivity index (χ4v) is 1.24. The molecule has 0 aliphatic rings. The molecule has 1 atom stereocenters. The first-order valence-electron chi connectivity index (χ1n) is 5.44. The molecule has 0 heterocycles. The maximum atomic E-state index is 13.2. The minimum atomic E-state index is -0.989. The zero-order chi connectivity index (χ0) is 13.7. The molecule has 1 aromatic rings. The van der Waals surface area contributed by atoms with Crippen LogP contribution < -0.4 is 10.6 Å². The Morgan fingerprint density at radius 2 is 2.11 bits per heavy atom. The molecule has 0 aromatic heterocycles. The zero-order valence-corrected chi connectivity index (χ0v) is 10.2. The summed E-state index contributed by atoms with van der Waals surface area (Å²) in [5.74, 6) is -2.08. The summed E-state index contributed by atoms with van der Waals surface area (Å²) in [5, 5.41) is 13.5. The van der Waals surface area contributed by atoms with Crippen molar-refractivity contribution in [1.82, 2.24) is 5.32 Å². The van der Waals surface area contributed by atoms with Crippen LogP contribution in [0.15, 0.2) is 18.2 Å². The topological polar surface area (TPSA) is 78.4 Å². The number of hydrogen-bond donors (Lipinski definition) is 3. The van der Waals surface area contributed by atoms with Crippen LogP contribution in [0.5, 0.6) is 0 Å². The number of carbonyl (C=O) groups excluding carboxylic acids is 1. The molecule has 0 radical (unpaired) electrons. The number of amides is 2. The summed E-state index contributed by atoms with van der Waals surface area (Å²) in [7, 11) is 0. The van der Waals surface area contributed by atoms with Crippen LogP contribution in [-0.4, -0.2) is 23.7 Å². The Kier molecular flexibility index (Phi) is 4.65. The van der Waals surface area contributed by atoms with Gasteiger partial charge in [0.1, 0.15) is 5.82 Å². The van der Waals surface area contributed by atoms with Gasteiger partial charge in [-0.05, 0) is 19.1 Å². The highest BCUT2D eigenvalue weighted by molar-refractivity contribution is 5.90. The number of carboxylic acid groups (broad SMARTS) is 1. The van der Waals surface area contributed by atoms with E-state index in [4.69, 9.17) is 5.11 Å². The Morgan fingerprint density at radius 1 is 1.44 bits per heavy atom. The van der Waals surface area contributed by atoms with Crippen molar-refractivity contribution in [2.45, 2.75) is 13.8 Å². The van der Waals surface area contributed by atoms with E-state index < -0.39 is 23.7 Å². The molecule has 3 N–H and O–H groups in total. The van der Waals surface area contributed by atoms with Crippen LogP contribution in [-0.2, 0) is 4.79 Å². The van der Waals surface area contributed by atoms with Gasteiger partial charge in [0.05, 0.1) is 5.92 Å². The molecule has 0 aliphatic heterocycles. The fourth-order valence-electron chi connectivity index (χ4n) is 1.24. The first kappa shape index (κ1) is 14.0. The second-order valence-electron chi connectivity index (χ2n) is 3.99. The number of aliphatic carboxylic acids is 1. The fraction of sp³-hybridized carbons (Fsp3) is 0.333. The van der Waals surface area contributed by atoms with E-state index in [-0.39, 0.29) is 6.54 Å². The minimum absolute atomic E-state index is 0.00945. The van der Waals surface area contributed by atoms with Gasteiger partial charge in [0.25, 0.3) is 0 Å². The highest BCUT2D eigenvalue weighted by Gasteiger charge is 2.12. The molecule has 0 spiro atoms. The second kappa shape index (κ2) is 6.00. The number of carbonyl (C=O) groups is 2. The third kappa shape index (κ3) is 3.73. The first-order valence-corrected chi connectivity index (χ1v) is 5.44. The quantitative estimate of drug-likeness (QED) is 0.768. The number of benzene rings is 1. The number of urea groups is 1. The summed E-state index contributed by atoms with van der Waals surface area (Å²) in [6.45, 7) is 3.04. The standard InChI is InChI=1S/C12H15FN2O3/c1-7(11(16)17)6-14-12(18)15-10-5-3-4-9(13)8(10)2/h3-5,7H,6H2,1-2H3,(H,16,17)(H2,14,15,18). The molecule has 18 heavy (non-hydrogen) atoms. The number of anilines is 1. The van der Waals surface area contributed by atoms with Gasteiger partial charge >= 0.3 is 12.0 Å². The molecule has 98 valence electrons. The molecule has 6 heteroatoms. The summed E-state index contributed by atoms with van der Waals surface area (Å²) < 4.78 is 13.2. The van der Waals surface area contributed by atoms with Gasteiger partial charge in [-0.25, -0.2) is 9.18 Å². The summed E-state index contributed by atoms with van der Waals surface area (Å²) in [6.07, 6.45) is 0. The van der Waals surface area contributed by atoms with Crippen LogP contribution in [0.3, 0.4) is 0 Å². The molecule has 2 amide bonds. The van der Waals surface area contributed by atoms with E-state index in [0.717, 1.165) is 0 Å². The van der Waals surface area contributed by atoms with Crippen molar-refractivity contribution in [2.75, 3.05) is 11.9 Å². The molecule has 1 rings (SSSR count). The molecule has 0 fully saturated rings. The summed E-state index contributed by atoms with van der Waals surface area (Å²) in [6, 6.07) is 3.79. The normalized spacial score (nSPS) is 11.7. The van der Waals surface area contributed by atoms with Crippen molar-refractivity contribution in [2.24, 2.45) is 5.92 Å². The lowest BCUT2D eigenvalue weighted by atomic mass is 10.2.